The fraction of sp³-hybridized carbons (Fsp3) is 0.300. The molecule has 0 bridgehead atoms. The highest BCUT2D eigenvalue weighted by Crippen LogP contribution is 2.22. The topological polar surface area (TPSA) is 37.7 Å². The third-order valence-corrected chi connectivity index (χ3v) is 3.96. The molecule has 4 nitrogen and oxygen atoms in total. The van der Waals surface area contributed by atoms with E-state index in [1.54, 1.807) is 6.20 Å². The van der Waals surface area contributed by atoms with Crippen LogP contribution in [0.4, 0.5) is 0 Å². The highest BCUT2D eigenvalue weighted by Gasteiger charge is 2.09. The van der Waals surface area contributed by atoms with E-state index in [1.165, 1.54) is 5.56 Å². The zero-order valence-electron chi connectivity index (χ0n) is 14.2. The van der Waals surface area contributed by atoms with E-state index in [-0.39, 0.29) is 0 Å². The van der Waals surface area contributed by atoms with Gasteiger partial charge in [-0.2, -0.15) is 0 Å². The first kappa shape index (κ1) is 16.4. The van der Waals surface area contributed by atoms with Crippen molar-refractivity contribution in [1.82, 2.24) is 9.88 Å². The summed E-state index contributed by atoms with van der Waals surface area (Å²) in [6, 6.07) is 14.5. The third kappa shape index (κ3) is 4.30. The fourth-order valence-electron chi connectivity index (χ4n) is 2.53. The van der Waals surface area contributed by atoms with Crippen molar-refractivity contribution in [3.05, 3.63) is 71.7 Å². The van der Waals surface area contributed by atoms with Gasteiger partial charge in [0.2, 0.25) is 0 Å². The molecule has 24 heavy (non-hydrogen) atoms. The number of rotatable bonds is 6. The Bertz CT molecular complexity index is 705. The molecule has 1 aliphatic heterocycles. The van der Waals surface area contributed by atoms with Gasteiger partial charge in [-0.25, -0.2) is 0 Å². The van der Waals surface area contributed by atoms with Gasteiger partial charge in [-0.15, -0.1) is 0 Å². The van der Waals surface area contributed by atoms with Crippen LogP contribution in [0.3, 0.4) is 0 Å². The largest absolute Gasteiger partial charge is 0.355 e. The second kappa shape index (κ2) is 7.88. The summed E-state index contributed by atoms with van der Waals surface area (Å²) in [5.41, 5.74) is 4.38. The SMILES string of the molecule is CC(C)c1ccc(C2=CN(COCc3ccccn3)CC=N2)cc1. The predicted molar refractivity (Wildman–Crippen MR) is 97.6 cm³/mol. The normalized spacial score (nSPS) is 14.1. The monoisotopic (exact) mass is 321 g/mol. The lowest BCUT2D eigenvalue weighted by Gasteiger charge is -2.22. The Morgan fingerprint density at radius 1 is 1.12 bits per heavy atom. The Kier molecular flexibility index (Phi) is 5.39. The maximum atomic E-state index is 5.75. The molecular formula is C20H23N3O. The number of nitrogens with zero attached hydrogens (tertiary/aromatic N) is 3. The molecule has 3 rings (SSSR count). The Morgan fingerprint density at radius 3 is 2.67 bits per heavy atom. The molecule has 0 amide bonds. The molecule has 1 aromatic heterocycles. The number of ether oxygens (including phenoxy) is 1. The van der Waals surface area contributed by atoms with Crippen LogP contribution in [-0.4, -0.2) is 29.4 Å². The summed E-state index contributed by atoms with van der Waals surface area (Å²) in [5.74, 6) is 0.541. The van der Waals surface area contributed by atoms with Crippen LogP contribution in [0.1, 0.15) is 36.6 Å². The summed E-state index contributed by atoms with van der Waals surface area (Å²) in [7, 11) is 0. The van der Waals surface area contributed by atoms with Gasteiger partial charge in [0.05, 0.1) is 24.5 Å². The van der Waals surface area contributed by atoms with Crippen LogP contribution < -0.4 is 0 Å². The van der Waals surface area contributed by atoms with Gasteiger partial charge in [-0.1, -0.05) is 44.2 Å². The summed E-state index contributed by atoms with van der Waals surface area (Å²) in [6.07, 6.45) is 5.77. The van der Waals surface area contributed by atoms with E-state index in [4.69, 9.17) is 4.74 Å². The van der Waals surface area contributed by atoms with Crippen molar-refractivity contribution in [1.29, 1.82) is 0 Å². The number of aromatic nitrogens is 1. The highest BCUT2D eigenvalue weighted by molar-refractivity contribution is 5.77. The molecule has 0 saturated carbocycles. The minimum Gasteiger partial charge on any atom is -0.355 e. The summed E-state index contributed by atoms with van der Waals surface area (Å²) in [6.45, 7) is 6.20. The van der Waals surface area contributed by atoms with E-state index in [1.807, 2.05) is 24.4 Å². The molecule has 0 aliphatic carbocycles. The molecule has 124 valence electrons. The molecule has 0 spiro atoms. The predicted octanol–water partition coefficient (Wildman–Crippen LogP) is 4.06. The molecule has 2 heterocycles. The first-order valence-electron chi connectivity index (χ1n) is 8.29. The molecular weight excluding hydrogens is 298 g/mol. The summed E-state index contributed by atoms with van der Waals surface area (Å²) in [5, 5.41) is 0. The van der Waals surface area contributed by atoms with Gasteiger partial charge in [0.1, 0.15) is 6.73 Å². The van der Waals surface area contributed by atoms with Crippen LogP contribution in [0.2, 0.25) is 0 Å². The van der Waals surface area contributed by atoms with Gasteiger partial charge in [0, 0.05) is 24.2 Å². The van der Waals surface area contributed by atoms with E-state index in [0.29, 0.717) is 19.3 Å². The molecule has 4 heteroatoms. The Morgan fingerprint density at radius 2 is 1.96 bits per heavy atom. The average molecular weight is 321 g/mol. The molecule has 2 aromatic rings. The zero-order valence-corrected chi connectivity index (χ0v) is 14.2. The lowest BCUT2D eigenvalue weighted by atomic mass is 10.0. The minimum atomic E-state index is 0.515. The first-order chi connectivity index (χ1) is 11.7. The summed E-state index contributed by atoms with van der Waals surface area (Å²) < 4.78 is 5.75. The summed E-state index contributed by atoms with van der Waals surface area (Å²) in [4.78, 5) is 10.9. The number of hydrogen-bond acceptors (Lipinski definition) is 4. The van der Waals surface area contributed by atoms with Crippen molar-refractivity contribution >= 4 is 11.9 Å². The Hall–Kier alpha value is -2.46. The van der Waals surface area contributed by atoms with E-state index in [0.717, 1.165) is 23.5 Å². The third-order valence-electron chi connectivity index (χ3n) is 3.96. The van der Waals surface area contributed by atoms with E-state index in [9.17, 15) is 0 Å². The molecule has 0 atom stereocenters. The zero-order chi connectivity index (χ0) is 16.8. The van der Waals surface area contributed by atoms with E-state index in [2.05, 4.69) is 59.2 Å². The second-order valence-electron chi connectivity index (χ2n) is 6.17. The van der Waals surface area contributed by atoms with Gasteiger partial charge in [0.15, 0.2) is 0 Å². The second-order valence-corrected chi connectivity index (χ2v) is 6.17. The van der Waals surface area contributed by atoms with Crippen LogP contribution in [0.5, 0.6) is 0 Å². The van der Waals surface area contributed by atoms with Crippen molar-refractivity contribution in [3.8, 4) is 0 Å². The number of benzene rings is 1. The number of hydrogen-bond donors (Lipinski definition) is 0. The van der Waals surface area contributed by atoms with E-state index >= 15 is 0 Å². The quantitative estimate of drug-likeness (QED) is 0.805. The lowest BCUT2D eigenvalue weighted by molar-refractivity contribution is 0.0483. The average Bonchev–Trinajstić information content (AvgIpc) is 2.63. The van der Waals surface area contributed by atoms with Crippen LogP contribution >= 0.6 is 0 Å². The van der Waals surface area contributed by atoms with Gasteiger partial charge in [-0.05, 0) is 23.6 Å². The molecule has 0 N–H and O–H groups in total. The molecule has 0 unspecified atom stereocenters. The molecule has 0 fully saturated rings. The van der Waals surface area contributed by atoms with Crippen LogP contribution in [0.15, 0.2) is 59.9 Å². The fourth-order valence-corrected chi connectivity index (χ4v) is 2.53. The van der Waals surface area contributed by atoms with E-state index < -0.39 is 0 Å². The molecule has 1 aliphatic rings. The van der Waals surface area contributed by atoms with Crippen molar-refractivity contribution in [3.63, 3.8) is 0 Å². The molecule has 1 aromatic carbocycles. The standard InChI is InChI=1S/C20H23N3O/c1-16(2)17-6-8-18(9-7-17)20-13-23(12-11-22-20)15-24-14-19-5-3-4-10-21-19/h3-11,13,16H,12,14-15H2,1-2H3. The van der Waals surface area contributed by atoms with Gasteiger partial charge < -0.3 is 9.64 Å². The van der Waals surface area contributed by atoms with Crippen molar-refractivity contribution in [2.24, 2.45) is 4.99 Å². The maximum Gasteiger partial charge on any atom is 0.119 e. The first-order valence-corrected chi connectivity index (χ1v) is 8.29. The molecule has 0 radical (unpaired) electrons. The molecule has 0 saturated heterocycles. The maximum absolute atomic E-state index is 5.75. The summed E-state index contributed by atoms with van der Waals surface area (Å²) >= 11 is 0. The Labute approximate surface area is 143 Å². The van der Waals surface area contributed by atoms with Gasteiger partial charge >= 0.3 is 0 Å². The number of pyridine rings is 1. The van der Waals surface area contributed by atoms with Crippen LogP contribution in [0, 0.1) is 0 Å². The van der Waals surface area contributed by atoms with Gasteiger partial charge in [-0.3, -0.25) is 9.98 Å². The smallest absolute Gasteiger partial charge is 0.119 e. The van der Waals surface area contributed by atoms with Crippen molar-refractivity contribution in [2.75, 3.05) is 13.3 Å². The van der Waals surface area contributed by atoms with Crippen molar-refractivity contribution < 1.29 is 4.74 Å². The minimum absolute atomic E-state index is 0.515. The Balaban J connectivity index is 1.59. The van der Waals surface area contributed by atoms with Crippen molar-refractivity contribution in [2.45, 2.75) is 26.4 Å². The lowest BCUT2D eigenvalue weighted by Crippen LogP contribution is -2.25. The van der Waals surface area contributed by atoms with Crippen LogP contribution in [0.25, 0.3) is 5.70 Å². The highest BCUT2D eigenvalue weighted by atomic mass is 16.5. The van der Waals surface area contributed by atoms with Crippen LogP contribution in [-0.2, 0) is 11.3 Å². The van der Waals surface area contributed by atoms with Gasteiger partial charge in [0.25, 0.3) is 0 Å². The number of aliphatic imine (C=N–C) groups is 1.